The fraction of sp³-hybridized carbons (Fsp3) is 0.727. The summed E-state index contributed by atoms with van der Waals surface area (Å²) in [6.45, 7) is 1.12. The Hall–Kier alpha value is -1.71. The van der Waals surface area contributed by atoms with E-state index in [4.69, 9.17) is 14.2 Å². The number of ether oxygens (including phenoxy) is 3. The van der Waals surface area contributed by atoms with Crippen LogP contribution in [0, 0.1) is 0 Å². The maximum atomic E-state index is 12.3. The van der Waals surface area contributed by atoms with E-state index in [1.54, 1.807) is 0 Å². The van der Waals surface area contributed by atoms with E-state index in [1.165, 1.54) is 7.11 Å². The van der Waals surface area contributed by atoms with Crippen molar-refractivity contribution in [1.82, 2.24) is 13.7 Å². The molecule has 0 saturated carbocycles. The lowest BCUT2D eigenvalue weighted by Gasteiger charge is -2.12. The summed E-state index contributed by atoms with van der Waals surface area (Å²) in [5, 5.41) is 0. The smallest absolute Gasteiger partial charge is 0.338 e. The van der Waals surface area contributed by atoms with E-state index in [0.717, 1.165) is 13.7 Å². The molecule has 3 rings (SSSR count). The molecule has 2 atom stereocenters. The van der Waals surface area contributed by atoms with Gasteiger partial charge in [-0.15, -0.1) is 0 Å². The molecule has 0 aliphatic carbocycles. The molecule has 2 fully saturated rings. The van der Waals surface area contributed by atoms with Crippen molar-refractivity contribution in [3.05, 3.63) is 31.5 Å². The first kappa shape index (κ1) is 13.3. The first-order valence-corrected chi connectivity index (χ1v) is 6.28. The van der Waals surface area contributed by atoms with Gasteiger partial charge in [-0.1, -0.05) is 0 Å². The average Bonchev–Trinajstić information content (AvgIpc) is 3.30. The highest BCUT2D eigenvalue weighted by atomic mass is 16.6. The van der Waals surface area contributed by atoms with Crippen LogP contribution in [0.1, 0.15) is 0 Å². The normalized spacial score (nSPS) is 23.9. The Morgan fingerprint density at radius 1 is 0.950 bits per heavy atom. The van der Waals surface area contributed by atoms with E-state index in [1.807, 2.05) is 0 Å². The Labute approximate surface area is 112 Å². The summed E-state index contributed by atoms with van der Waals surface area (Å²) in [6.07, 6.45) is -0.279. The van der Waals surface area contributed by atoms with Crippen molar-refractivity contribution in [2.45, 2.75) is 32.0 Å². The molecule has 2 unspecified atom stereocenters. The molecule has 0 bridgehead atoms. The Morgan fingerprint density at radius 2 is 1.35 bits per heavy atom. The highest BCUT2D eigenvalue weighted by molar-refractivity contribution is 4.84. The molecule has 3 heterocycles. The fourth-order valence-electron chi connectivity index (χ4n) is 1.99. The van der Waals surface area contributed by atoms with Gasteiger partial charge >= 0.3 is 17.1 Å². The van der Waals surface area contributed by atoms with E-state index >= 15 is 0 Å². The number of methoxy groups -OCH3 is 1. The maximum absolute atomic E-state index is 12.3. The number of epoxide rings is 2. The molecule has 2 saturated heterocycles. The predicted molar refractivity (Wildman–Crippen MR) is 65.7 cm³/mol. The monoisotopic (exact) mass is 285 g/mol. The lowest BCUT2D eigenvalue weighted by Crippen LogP contribution is -2.55. The zero-order valence-corrected chi connectivity index (χ0v) is 11.0. The van der Waals surface area contributed by atoms with Gasteiger partial charge in [-0.3, -0.25) is 0 Å². The van der Waals surface area contributed by atoms with Gasteiger partial charge in [-0.05, 0) is 0 Å². The topological polar surface area (TPSA) is 100 Å². The molecule has 1 aromatic heterocycles. The highest BCUT2D eigenvalue weighted by Crippen LogP contribution is 2.10. The predicted octanol–water partition coefficient (Wildman–Crippen LogP) is -2.43. The van der Waals surface area contributed by atoms with E-state index in [0.29, 0.717) is 13.2 Å². The largest absolute Gasteiger partial charge is 0.371 e. The Morgan fingerprint density at radius 3 is 1.70 bits per heavy atom. The molecule has 20 heavy (non-hydrogen) atoms. The quantitative estimate of drug-likeness (QED) is 0.539. The van der Waals surface area contributed by atoms with Gasteiger partial charge in [0.05, 0.1) is 38.5 Å². The first-order valence-electron chi connectivity index (χ1n) is 6.28. The zero-order valence-electron chi connectivity index (χ0n) is 11.0. The van der Waals surface area contributed by atoms with Crippen LogP contribution in [-0.2, 0) is 34.0 Å². The first-order chi connectivity index (χ1) is 9.61. The third kappa shape index (κ3) is 2.47. The van der Waals surface area contributed by atoms with Gasteiger partial charge in [0, 0.05) is 7.11 Å². The van der Waals surface area contributed by atoms with Crippen LogP contribution >= 0.6 is 0 Å². The van der Waals surface area contributed by atoms with Crippen molar-refractivity contribution in [1.29, 1.82) is 0 Å². The average molecular weight is 285 g/mol. The van der Waals surface area contributed by atoms with Crippen molar-refractivity contribution in [3.8, 4) is 0 Å². The Balaban J connectivity index is 2.11. The van der Waals surface area contributed by atoms with Gasteiger partial charge in [-0.25, -0.2) is 28.1 Å². The minimum Gasteiger partial charge on any atom is -0.371 e. The van der Waals surface area contributed by atoms with Crippen molar-refractivity contribution in [3.63, 3.8) is 0 Å². The second-order valence-corrected chi connectivity index (χ2v) is 4.83. The molecule has 9 heteroatoms. The van der Waals surface area contributed by atoms with Gasteiger partial charge in [0.25, 0.3) is 0 Å². The summed E-state index contributed by atoms with van der Waals surface area (Å²) in [7, 11) is 1.37. The summed E-state index contributed by atoms with van der Waals surface area (Å²) in [5.41, 5.74) is -1.98. The van der Waals surface area contributed by atoms with E-state index in [2.05, 4.69) is 0 Å². The van der Waals surface area contributed by atoms with Crippen molar-refractivity contribution < 1.29 is 14.2 Å². The molecule has 1 aromatic rings. The van der Waals surface area contributed by atoms with Gasteiger partial charge in [0.1, 0.15) is 6.73 Å². The number of aromatic nitrogens is 3. The van der Waals surface area contributed by atoms with Crippen LogP contribution in [0.15, 0.2) is 14.4 Å². The van der Waals surface area contributed by atoms with Crippen molar-refractivity contribution in [2.75, 3.05) is 20.3 Å². The maximum Gasteiger partial charge on any atom is 0.338 e. The number of rotatable bonds is 6. The SMILES string of the molecule is COCn1c(=O)n(CC2CO2)c(=O)n(CC2CO2)c1=O. The third-order valence-electron chi connectivity index (χ3n) is 3.22. The van der Waals surface area contributed by atoms with Gasteiger partial charge in [0.2, 0.25) is 0 Å². The van der Waals surface area contributed by atoms with Crippen LogP contribution in [0.3, 0.4) is 0 Å². The van der Waals surface area contributed by atoms with Crippen LogP contribution < -0.4 is 17.1 Å². The summed E-state index contributed by atoms with van der Waals surface area (Å²) in [6, 6.07) is 0. The molecular formula is C11H15N3O6. The van der Waals surface area contributed by atoms with E-state index in [9.17, 15) is 14.4 Å². The van der Waals surface area contributed by atoms with Crippen LogP contribution in [-0.4, -0.2) is 46.2 Å². The minimum atomic E-state index is -0.676. The second-order valence-electron chi connectivity index (χ2n) is 4.83. The molecule has 2 aliphatic rings. The van der Waals surface area contributed by atoms with Crippen LogP contribution in [0.5, 0.6) is 0 Å². The number of hydrogen-bond acceptors (Lipinski definition) is 6. The van der Waals surface area contributed by atoms with Gasteiger partial charge in [0.15, 0.2) is 0 Å². The van der Waals surface area contributed by atoms with E-state index in [-0.39, 0.29) is 32.0 Å². The summed E-state index contributed by atoms with van der Waals surface area (Å²) in [5.74, 6) is 0. The number of hydrogen-bond donors (Lipinski definition) is 0. The molecular weight excluding hydrogens is 270 g/mol. The highest BCUT2D eigenvalue weighted by Gasteiger charge is 2.29. The molecule has 0 N–H and O–H groups in total. The fourth-order valence-corrected chi connectivity index (χ4v) is 1.99. The lowest BCUT2D eigenvalue weighted by molar-refractivity contribution is 0.117. The second kappa shape index (κ2) is 5.00. The Kier molecular flexibility index (Phi) is 3.32. The molecule has 0 spiro atoms. The van der Waals surface area contributed by atoms with Gasteiger partial charge in [-0.2, -0.15) is 0 Å². The van der Waals surface area contributed by atoms with Gasteiger partial charge < -0.3 is 14.2 Å². The van der Waals surface area contributed by atoms with Crippen LogP contribution in [0.4, 0.5) is 0 Å². The molecule has 9 nitrogen and oxygen atoms in total. The Bertz CT molecular complexity index is 627. The van der Waals surface area contributed by atoms with Crippen LogP contribution in [0.25, 0.3) is 0 Å². The van der Waals surface area contributed by atoms with Crippen molar-refractivity contribution >= 4 is 0 Å². The van der Waals surface area contributed by atoms with E-state index < -0.39 is 17.1 Å². The molecule has 0 aromatic carbocycles. The third-order valence-corrected chi connectivity index (χ3v) is 3.22. The molecule has 0 radical (unpaired) electrons. The van der Waals surface area contributed by atoms with Crippen LogP contribution in [0.2, 0.25) is 0 Å². The summed E-state index contributed by atoms with van der Waals surface area (Å²) >= 11 is 0. The molecule has 0 amide bonds. The van der Waals surface area contributed by atoms with Crippen molar-refractivity contribution in [2.24, 2.45) is 0 Å². The minimum absolute atomic E-state index is 0.139. The molecule has 2 aliphatic heterocycles. The molecule has 110 valence electrons. The zero-order chi connectivity index (χ0) is 14.3. The number of nitrogens with zero attached hydrogens (tertiary/aromatic N) is 3. The summed E-state index contributed by atoms with van der Waals surface area (Å²) in [4.78, 5) is 36.6. The summed E-state index contributed by atoms with van der Waals surface area (Å²) < 4.78 is 17.8. The standard InChI is InChI=1S/C11H15N3O6/c1-18-6-14-10(16)12(2-7-4-19-7)9(15)13(11(14)17)3-8-5-20-8/h7-8H,2-6H2,1H3. The lowest BCUT2D eigenvalue weighted by atomic mass is 10.4.